The van der Waals surface area contributed by atoms with Crippen LogP contribution in [0.3, 0.4) is 0 Å². The number of benzene rings is 2. The number of phenols is 1. The summed E-state index contributed by atoms with van der Waals surface area (Å²) in [6.07, 6.45) is -17.5. The minimum Gasteiger partial charge on any atom is -0.506 e. The Balaban J connectivity index is 1.92. The molecule has 44 heavy (non-hydrogen) atoms. The molecule has 2 aliphatic heterocycles. The lowest BCUT2D eigenvalue weighted by atomic mass is 9.85. The summed E-state index contributed by atoms with van der Waals surface area (Å²) in [4.78, 5) is 14.1. The largest absolute Gasteiger partial charge is 0.506 e. The van der Waals surface area contributed by atoms with Crippen LogP contribution in [0.5, 0.6) is 23.0 Å². The molecular weight excluding hydrogens is 592 g/mol. The Labute approximate surface area is 248 Å². The number of aliphatic hydroxyl groups is 8. The minimum absolute atomic E-state index is 0.0759. The summed E-state index contributed by atoms with van der Waals surface area (Å²) in [5, 5.41) is 94.6. The maximum absolute atomic E-state index is 14.1. The molecule has 0 amide bonds. The number of rotatable bonds is 7. The average molecular weight is 627 g/mol. The van der Waals surface area contributed by atoms with Crippen molar-refractivity contribution in [2.45, 2.75) is 61.0 Å². The van der Waals surface area contributed by atoms with E-state index in [2.05, 4.69) is 0 Å². The second-order valence-corrected chi connectivity index (χ2v) is 10.5. The summed E-state index contributed by atoms with van der Waals surface area (Å²) in [6.45, 7) is -1.62. The molecule has 2 aromatic carbocycles. The molecule has 9 N–H and O–H groups in total. The molecule has 10 atom stereocenters. The highest BCUT2D eigenvalue weighted by Gasteiger charge is 2.50. The van der Waals surface area contributed by atoms with Crippen LogP contribution in [0.25, 0.3) is 21.9 Å². The monoisotopic (exact) mass is 626 g/mol. The second-order valence-electron chi connectivity index (χ2n) is 10.5. The van der Waals surface area contributed by atoms with E-state index in [1.807, 2.05) is 0 Å². The molecule has 2 aliphatic rings. The summed E-state index contributed by atoms with van der Waals surface area (Å²) in [5.74, 6) is -0.944. The molecular formula is C28H34O16. The first-order valence-electron chi connectivity index (χ1n) is 13.5. The number of hydrogen-bond donors (Lipinski definition) is 9. The number of methoxy groups -OCH3 is 3. The quantitative estimate of drug-likeness (QED) is 0.125. The van der Waals surface area contributed by atoms with Crippen molar-refractivity contribution in [2.75, 3.05) is 34.5 Å². The Morgan fingerprint density at radius 1 is 0.705 bits per heavy atom. The van der Waals surface area contributed by atoms with Crippen LogP contribution in [0.15, 0.2) is 21.3 Å². The van der Waals surface area contributed by atoms with Gasteiger partial charge in [-0.15, -0.1) is 0 Å². The zero-order chi connectivity index (χ0) is 32.2. The maximum atomic E-state index is 14.1. The molecule has 2 fully saturated rings. The molecule has 5 rings (SSSR count). The van der Waals surface area contributed by atoms with E-state index in [9.17, 15) is 50.8 Å². The minimum atomic E-state index is -1.95. The highest BCUT2D eigenvalue weighted by molar-refractivity contribution is 5.98. The van der Waals surface area contributed by atoms with Gasteiger partial charge in [0.05, 0.1) is 51.1 Å². The molecule has 0 aliphatic carbocycles. The number of fused-ring (bicyclic) bond motifs is 2. The van der Waals surface area contributed by atoms with Crippen molar-refractivity contribution in [1.82, 2.24) is 0 Å². The molecule has 3 heterocycles. The van der Waals surface area contributed by atoms with Crippen LogP contribution in [-0.2, 0) is 9.47 Å². The smallest absolute Gasteiger partial charge is 0.204 e. The van der Waals surface area contributed by atoms with Crippen molar-refractivity contribution in [3.05, 3.63) is 33.5 Å². The highest BCUT2D eigenvalue weighted by atomic mass is 16.6. The SMILES string of the molecule is COc1cc2oc3c([C@@H]4O[C@H](CO)[C@@H](O)[C@H](O)[C@H]4O)c(OC)c([C@@H]4O[C@H](CO)[C@@H](O)[C@H](O)[C@H]4O)c(O)c3c(=O)c2cc1OC. The maximum Gasteiger partial charge on any atom is 0.204 e. The Morgan fingerprint density at radius 3 is 1.68 bits per heavy atom. The Kier molecular flexibility index (Phi) is 8.94. The number of aromatic hydroxyl groups is 1. The normalized spacial score (nSPS) is 32.6. The predicted molar refractivity (Wildman–Crippen MR) is 147 cm³/mol. The van der Waals surface area contributed by atoms with E-state index < -0.39 is 108 Å². The zero-order valence-corrected chi connectivity index (χ0v) is 23.7. The first kappa shape index (κ1) is 32.1. The summed E-state index contributed by atoms with van der Waals surface area (Å²) in [7, 11) is 3.81. The van der Waals surface area contributed by atoms with E-state index in [4.69, 9.17) is 28.1 Å². The van der Waals surface area contributed by atoms with Gasteiger partial charge in [0.2, 0.25) is 5.43 Å². The molecule has 16 heteroatoms. The van der Waals surface area contributed by atoms with Crippen molar-refractivity contribution >= 4 is 21.9 Å². The first-order chi connectivity index (χ1) is 20.9. The van der Waals surface area contributed by atoms with Crippen molar-refractivity contribution in [1.29, 1.82) is 0 Å². The van der Waals surface area contributed by atoms with Crippen LogP contribution < -0.4 is 19.6 Å². The van der Waals surface area contributed by atoms with E-state index in [-0.39, 0.29) is 28.0 Å². The standard InChI is InChI=1S/C28H34O16/c1-39-10-4-8-9(5-11(10)40-2)42-26-14(17(8)31)20(34)15(27-23(37)21(35)18(32)12(6-29)43-27)25(41-3)16(26)28-24(38)22(36)19(33)13(7-30)44-28/h4-5,12-13,18-19,21-24,27-30,32-38H,6-7H2,1-3H3/t12-,13-,18-,19-,21+,22+,23-,24-,27+,28+/m1/s1. The van der Waals surface area contributed by atoms with E-state index in [0.29, 0.717) is 0 Å². The Morgan fingerprint density at radius 2 is 1.20 bits per heavy atom. The van der Waals surface area contributed by atoms with Crippen molar-refractivity contribution < 1.29 is 74.1 Å². The summed E-state index contributed by atoms with van der Waals surface area (Å²) >= 11 is 0. The van der Waals surface area contributed by atoms with Crippen LogP contribution in [0.4, 0.5) is 0 Å². The molecule has 0 radical (unpaired) electrons. The van der Waals surface area contributed by atoms with E-state index in [0.717, 1.165) is 7.11 Å². The average Bonchev–Trinajstić information content (AvgIpc) is 3.02. The van der Waals surface area contributed by atoms with Crippen LogP contribution in [0.2, 0.25) is 0 Å². The van der Waals surface area contributed by atoms with Crippen LogP contribution in [0, 0.1) is 0 Å². The van der Waals surface area contributed by atoms with Gasteiger partial charge in [0, 0.05) is 6.07 Å². The van der Waals surface area contributed by atoms with E-state index in [1.54, 1.807) is 0 Å². The van der Waals surface area contributed by atoms with Gasteiger partial charge in [0.1, 0.15) is 83.5 Å². The Hall–Kier alpha value is -3.29. The van der Waals surface area contributed by atoms with Gasteiger partial charge in [0.15, 0.2) is 17.1 Å². The predicted octanol–water partition coefficient (Wildman–Crippen LogP) is -2.29. The third kappa shape index (κ3) is 4.83. The number of phenolic OH excluding ortho intramolecular Hbond substituents is 1. The van der Waals surface area contributed by atoms with Crippen LogP contribution >= 0.6 is 0 Å². The van der Waals surface area contributed by atoms with Gasteiger partial charge in [-0.05, 0) is 6.07 Å². The zero-order valence-electron chi connectivity index (χ0n) is 23.7. The number of aliphatic hydroxyl groups excluding tert-OH is 8. The molecule has 0 spiro atoms. The summed E-state index contributed by atoms with van der Waals surface area (Å²) in [5.41, 5.74) is -2.11. The number of ether oxygens (including phenoxy) is 5. The third-order valence-electron chi connectivity index (χ3n) is 8.18. The van der Waals surface area contributed by atoms with Gasteiger partial charge in [-0.1, -0.05) is 0 Å². The molecule has 3 aromatic rings. The molecule has 0 bridgehead atoms. The lowest BCUT2D eigenvalue weighted by Crippen LogP contribution is -2.55. The molecule has 0 saturated carbocycles. The second kappa shape index (κ2) is 12.2. The van der Waals surface area contributed by atoms with Crippen molar-refractivity contribution in [3.63, 3.8) is 0 Å². The highest BCUT2D eigenvalue weighted by Crippen LogP contribution is 2.51. The van der Waals surface area contributed by atoms with Gasteiger partial charge in [0.25, 0.3) is 0 Å². The lowest BCUT2D eigenvalue weighted by molar-refractivity contribution is -0.233. The number of hydrogen-bond acceptors (Lipinski definition) is 16. The van der Waals surface area contributed by atoms with Crippen LogP contribution in [-0.4, -0.2) is 129 Å². The van der Waals surface area contributed by atoms with Gasteiger partial charge in [-0.2, -0.15) is 0 Å². The molecule has 242 valence electrons. The van der Waals surface area contributed by atoms with Crippen molar-refractivity contribution in [2.24, 2.45) is 0 Å². The van der Waals surface area contributed by atoms with E-state index >= 15 is 0 Å². The topological polar surface area (TPSA) is 258 Å². The van der Waals surface area contributed by atoms with Crippen LogP contribution in [0.1, 0.15) is 23.3 Å². The molecule has 2 saturated heterocycles. The van der Waals surface area contributed by atoms with Gasteiger partial charge < -0.3 is 74.1 Å². The van der Waals surface area contributed by atoms with Gasteiger partial charge >= 0.3 is 0 Å². The third-order valence-corrected chi connectivity index (χ3v) is 8.18. The fourth-order valence-electron chi connectivity index (χ4n) is 5.84. The van der Waals surface area contributed by atoms with E-state index in [1.165, 1.54) is 26.4 Å². The fourth-order valence-corrected chi connectivity index (χ4v) is 5.84. The van der Waals surface area contributed by atoms with Crippen molar-refractivity contribution in [3.8, 4) is 23.0 Å². The van der Waals surface area contributed by atoms with Gasteiger partial charge in [-0.3, -0.25) is 4.79 Å². The fraction of sp³-hybridized carbons (Fsp3) is 0.536. The first-order valence-corrected chi connectivity index (χ1v) is 13.5. The molecule has 1 aromatic heterocycles. The molecule has 0 unspecified atom stereocenters. The summed E-state index contributed by atoms with van der Waals surface area (Å²) in [6, 6.07) is 2.63. The molecule has 16 nitrogen and oxygen atoms in total. The summed E-state index contributed by atoms with van der Waals surface area (Å²) < 4.78 is 33.8. The Bertz CT molecular complexity index is 1580. The lowest BCUT2D eigenvalue weighted by Gasteiger charge is -2.42. The van der Waals surface area contributed by atoms with Gasteiger partial charge in [-0.25, -0.2) is 0 Å².